The first-order valence-corrected chi connectivity index (χ1v) is 7.53. The maximum Gasteiger partial charge on any atom is 0.0652 e. The topological polar surface area (TPSA) is 35.9 Å². The van der Waals surface area contributed by atoms with Crippen molar-refractivity contribution in [2.24, 2.45) is 0 Å². The van der Waals surface area contributed by atoms with Crippen molar-refractivity contribution < 1.29 is 0 Å². The van der Waals surface area contributed by atoms with E-state index < -0.39 is 0 Å². The van der Waals surface area contributed by atoms with Crippen LogP contribution in [0.1, 0.15) is 30.5 Å². The number of hydrogen-bond donors (Lipinski definition) is 2. The van der Waals surface area contributed by atoms with Gasteiger partial charge in [0.1, 0.15) is 0 Å². The highest BCUT2D eigenvalue weighted by molar-refractivity contribution is 6.36. The Morgan fingerprint density at radius 2 is 1.81 bits per heavy atom. The van der Waals surface area contributed by atoms with E-state index in [4.69, 9.17) is 28.6 Å². The quantitative estimate of drug-likeness (QED) is 0.662. The Hall–Kier alpha value is -1.51. The summed E-state index contributed by atoms with van der Waals surface area (Å²) < 4.78 is 0. The molecule has 0 aromatic heterocycles. The molecule has 0 spiro atoms. The molecule has 1 unspecified atom stereocenters. The lowest BCUT2D eigenvalue weighted by molar-refractivity contribution is 0.816. The van der Waals surface area contributed by atoms with Crippen LogP contribution in [-0.4, -0.2) is 5.71 Å². The van der Waals surface area contributed by atoms with Gasteiger partial charge in [0.05, 0.1) is 16.8 Å². The van der Waals surface area contributed by atoms with Crippen LogP contribution in [0, 0.1) is 12.3 Å². The first kappa shape index (κ1) is 15.9. The Labute approximate surface area is 135 Å². The summed E-state index contributed by atoms with van der Waals surface area (Å²) in [6.45, 7) is 3.87. The summed E-state index contributed by atoms with van der Waals surface area (Å²) in [6.07, 6.45) is 0.627. The molecule has 0 amide bonds. The van der Waals surface area contributed by atoms with E-state index in [-0.39, 0.29) is 6.04 Å². The lowest BCUT2D eigenvalue weighted by Gasteiger charge is -2.21. The van der Waals surface area contributed by atoms with Crippen molar-refractivity contribution in [1.82, 2.24) is 0 Å². The summed E-state index contributed by atoms with van der Waals surface area (Å²) in [4.78, 5) is 0. The maximum atomic E-state index is 7.78. The van der Waals surface area contributed by atoms with Gasteiger partial charge in [0.2, 0.25) is 0 Å². The number of aryl methyl sites for hydroxylation is 1. The van der Waals surface area contributed by atoms with Gasteiger partial charge in [-0.25, -0.2) is 0 Å². The van der Waals surface area contributed by atoms with Crippen molar-refractivity contribution in [3.63, 3.8) is 0 Å². The lowest BCUT2D eigenvalue weighted by atomic mass is 10.00. The minimum atomic E-state index is 0.0155. The fourth-order valence-electron chi connectivity index (χ4n) is 2.15. The molecule has 0 fully saturated rings. The Morgan fingerprint density at radius 3 is 2.38 bits per heavy atom. The molecular weight excluding hydrogens is 303 g/mol. The van der Waals surface area contributed by atoms with E-state index in [1.54, 1.807) is 12.1 Å². The van der Waals surface area contributed by atoms with Crippen molar-refractivity contribution >= 4 is 34.6 Å². The minimum Gasteiger partial charge on any atom is -0.377 e. The highest BCUT2D eigenvalue weighted by Gasteiger charge is 2.14. The average Bonchev–Trinajstić information content (AvgIpc) is 2.41. The molecule has 0 bridgehead atoms. The standard InChI is InChI=1S/C17H18Cl2N2/c1-11-3-5-13(6-4-11)17(9-12(2)20)21-16-8-7-14(18)10-15(16)19/h3-8,10,17,20-21H,9H2,1-2H3. The van der Waals surface area contributed by atoms with E-state index >= 15 is 0 Å². The van der Waals surface area contributed by atoms with E-state index in [1.807, 2.05) is 13.0 Å². The smallest absolute Gasteiger partial charge is 0.0652 e. The minimum absolute atomic E-state index is 0.0155. The summed E-state index contributed by atoms with van der Waals surface area (Å²) in [5, 5.41) is 12.4. The highest BCUT2D eigenvalue weighted by Crippen LogP contribution is 2.30. The second-order valence-electron chi connectivity index (χ2n) is 5.22. The lowest BCUT2D eigenvalue weighted by Crippen LogP contribution is -2.14. The van der Waals surface area contributed by atoms with Gasteiger partial charge in [0.15, 0.2) is 0 Å². The first-order valence-electron chi connectivity index (χ1n) is 6.78. The third-order valence-corrected chi connectivity index (χ3v) is 3.80. The van der Waals surface area contributed by atoms with Crippen molar-refractivity contribution in [1.29, 1.82) is 5.41 Å². The van der Waals surface area contributed by atoms with E-state index in [1.165, 1.54) is 5.56 Å². The van der Waals surface area contributed by atoms with Crippen molar-refractivity contribution in [3.05, 3.63) is 63.6 Å². The molecular formula is C17H18Cl2N2. The fourth-order valence-corrected chi connectivity index (χ4v) is 2.61. The Bertz CT molecular complexity index is 636. The zero-order valence-corrected chi connectivity index (χ0v) is 13.6. The molecule has 21 heavy (non-hydrogen) atoms. The summed E-state index contributed by atoms with van der Waals surface area (Å²) >= 11 is 12.1. The van der Waals surface area contributed by atoms with E-state index in [9.17, 15) is 0 Å². The molecule has 0 saturated carbocycles. The van der Waals surface area contributed by atoms with Crippen molar-refractivity contribution in [2.75, 3.05) is 5.32 Å². The van der Waals surface area contributed by atoms with Crippen LogP contribution in [0.25, 0.3) is 0 Å². The van der Waals surface area contributed by atoms with E-state index in [0.29, 0.717) is 22.2 Å². The average molecular weight is 321 g/mol. The molecule has 0 aliphatic heterocycles. The number of rotatable bonds is 5. The maximum absolute atomic E-state index is 7.78. The number of benzene rings is 2. The molecule has 2 N–H and O–H groups in total. The van der Waals surface area contributed by atoms with Crippen molar-refractivity contribution in [2.45, 2.75) is 26.3 Å². The molecule has 2 aromatic carbocycles. The molecule has 2 rings (SSSR count). The fraction of sp³-hybridized carbons (Fsp3) is 0.235. The van der Waals surface area contributed by atoms with Crippen LogP contribution >= 0.6 is 23.2 Å². The number of hydrogen-bond acceptors (Lipinski definition) is 2. The van der Waals surface area contributed by atoms with E-state index in [2.05, 4.69) is 36.5 Å². The third kappa shape index (κ3) is 4.48. The Morgan fingerprint density at radius 1 is 1.14 bits per heavy atom. The molecule has 110 valence electrons. The van der Waals surface area contributed by atoms with Gasteiger partial charge < -0.3 is 10.7 Å². The molecule has 0 heterocycles. The normalized spacial score (nSPS) is 12.0. The second-order valence-corrected chi connectivity index (χ2v) is 6.06. The van der Waals surface area contributed by atoms with Gasteiger partial charge in [-0.05, 0) is 37.6 Å². The molecule has 4 heteroatoms. The number of nitrogens with one attached hydrogen (secondary N) is 2. The molecule has 2 nitrogen and oxygen atoms in total. The highest BCUT2D eigenvalue weighted by atomic mass is 35.5. The van der Waals surface area contributed by atoms with Crippen LogP contribution in [0.15, 0.2) is 42.5 Å². The Balaban J connectivity index is 2.27. The molecule has 0 saturated heterocycles. The van der Waals surface area contributed by atoms with Crippen LogP contribution in [0.2, 0.25) is 10.0 Å². The summed E-state index contributed by atoms with van der Waals surface area (Å²) in [5.41, 5.74) is 3.80. The summed E-state index contributed by atoms with van der Waals surface area (Å²) in [7, 11) is 0. The van der Waals surface area contributed by atoms with E-state index in [0.717, 1.165) is 11.3 Å². The van der Waals surface area contributed by atoms with Gasteiger partial charge in [0, 0.05) is 17.2 Å². The number of halogens is 2. The largest absolute Gasteiger partial charge is 0.377 e. The third-order valence-electron chi connectivity index (χ3n) is 3.25. The zero-order valence-electron chi connectivity index (χ0n) is 12.1. The van der Waals surface area contributed by atoms with Crippen LogP contribution in [0.4, 0.5) is 5.69 Å². The van der Waals surface area contributed by atoms with Gasteiger partial charge in [-0.2, -0.15) is 0 Å². The van der Waals surface area contributed by atoms with Crippen LogP contribution in [0.5, 0.6) is 0 Å². The molecule has 0 aliphatic carbocycles. The van der Waals surface area contributed by atoms with Gasteiger partial charge in [0.25, 0.3) is 0 Å². The second kappa shape index (κ2) is 6.97. The molecule has 2 aromatic rings. The van der Waals surface area contributed by atoms with Gasteiger partial charge in [-0.1, -0.05) is 53.0 Å². The zero-order chi connectivity index (χ0) is 15.4. The summed E-state index contributed by atoms with van der Waals surface area (Å²) in [5.74, 6) is 0. The van der Waals surface area contributed by atoms with Crippen LogP contribution in [-0.2, 0) is 0 Å². The molecule has 1 atom stereocenters. The van der Waals surface area contributed by atoms with Gasteiger partial charge in [-0.3, -0.25) is 0 Å². The van der Waals surface area contributed by atoms with Gasteiger partial charge in [-0.15, -0.1) is 0 Å². The van der Waals surface area contributed by atoms with Crippen LogP contribution in [0.3, 0.4) is 0 Å². The molecule has 0 aliphatic rings. The monoisotopic (exact) mass is 320 g/mol. The Kier molecular flexibility index (Phi) is 5.27. The van der Waals surface area contributed by atoms with Crippen LogP contribution < -0.4 is 5.32 Å². The van der Waals surface area contributed by atoms with Crippen molar-refractivity contribution in [3.8, 4) is 0 Å². The predicted molar refractivity (Wildman–Crippen MR) is 92.0 cm³/mol. The summed E-state index contributed by atoms with van der Waals surface area (Å²) in [6, 6.07) is 13.7. The first-order chi connectivity index (χ1) is 9.95. The molecule has 0 radical (unpaired) electrons. The predicted octanol–water partition coefficient (Wildman–Crippen LogP) is 5.88. The van der Waals surface area contributed by atoms with Gasteiger partial charge >= 0.3 is 0 Å². The SMILES string of the molecule is CC(=N)CC(Nc1ccc(Cl)cc1Cl)c1ccc(C)cc1. The number of anilines is 1.